The molecule has 1 aliphatic rings. The lowest BCUT2D eigenvalue weighted by molar-refractivity contribution is -0.162. The van der Waals surface area contributed by atoms with Crippen molar-refractivity contribution in [1.82, 2.24) is 4.90 Å². The van der Waals surface area contributed by atoms with Crippen molar-refractivity contribution in [3.8, 4) is 0 Å². The highest BCUT2D eigenvalue weighted by atomic mass is 16.5. The molecule has 1 fully saturated rings. The standard InChI is InChI=1S/C11H20N2O4/c1-11(16,10(15)17-2)7-13-5-3-4-8(6-13)9(12)14/h8,16H,3-7H2,1-2H3,(H2,12,14). The van der Waals surface area contributed by atoms with Crippen molar-refractivity contribution in [3.63, 3.8) is 0 Å². The van der Waals surface area contributed by atoms with Crippen molar-refractivity contribution in [3.05, 3.63) is 0 Å². The van der Waals surface area contributed by atoms with Crippen LogP contribution in [0.1, 0.15) is 19.8 Å². The summed E-state index contributed by atoms with van der Waals surface area (Å²) in [5.74, 6) is -1.19. The summed E-state index contributed by atoms with van der Waals surface area (Å²) >= 11 is 0. The van der Waals surface area contributed by atoms with Gasteiger partial charge in [-0.1, -0.05) is 0 Å². The van der Waals surface area contributed by atoms with Crippen molar-refractivity contribution in [2.75, 3.05) is 26.7 Å². The third-order valence-corrected chi connectivity index (χ3v) is 3.06. The number of piperidine rings is 1. The third kappa shape index (κ3) is 3.67. The van der Waals surface area contributed by atoms with E-state index in [1.165, 1.54) is 14.0 Å². The Morgan fingerprint density at radius 1 is 1.59 bits per heavy atom. The quantitative estimate of drug-likeness (QED) is 0.626. The lowest BCUT2D eigenvalue weighted by Crippen LogP contribution is -2.51. The molecule has 2 atom stereocenters. The summed E-state index contributed by atoms with van der Waals surface area (Å²) in [6, 6.07) is 0. The van der Waals surface area contributed by atoms with Gasteiger partial charge < -0.3 is 15.6 Å². The van der Waals surface area contributed by atoms with Gasteiger partial charge in [0, 0.05) is 13.1 Å². The Balaban J connectivity index is 2.56. The number of nitrogens with two attached hydrogens (primary N) is 1. The Hall–Kier alpha value is -1.14. The van der Waals surface area contributed by atoms with E-state index >= 15 is 0 Å². The molecular formula is C11H20N2O4. The highest BCUT2D eigenvalue weighted by Crippen LogP contribution is 2.18. The molecule has 1 saturated heterocycles. The number of carbonyl (C=O) groups excluding carboxylic acids is 2. The number of esters is 1. The largest absolute Gasteiger partial charge is 0.467 e. The monoisotopic (exact) mass is 244 g/mol. The molecule has 0 bridgehead atoms. The zero-order valence-electron chi connectivity index (χ0n) is 10.3. The Morgan fingerprint density at radius 2 is 2.24 bits per heavy atom. The van der Waals surface area contributed by atoms with E-state index in [2.05, 4.69) is 4.74 Å². The van der Waals surface area contributed by atoms with Gasteiger partial charge in [-0.3, -0.25) is 9.69 Å². The number of ether oxygens (including phenoxy) is 1. The van der Waals surface area contributed by atoms with Gasteiger partial charge in [-0.05, 0) is 26.3 Å². The maximum Gasteiger partial charge on any atom is 0.338 e. The van der Waals surface area contributed by atoms with Crippen LogP contribution in [0.2, 0.25) is 0 Å². The number of hydrogen-bond donors (Lipinski definition) is 2. The van der Waals surface area contributed by atoms with Gasteiger partial charge in [0.2, 0.25) is 5.91 Å². The van der Waals surface area contributed by atoms with Gasteiger partial charge in [0.15, 0.2) is 5.60 Å². The van der Waals surface area contributed by atoms with Crippen LogP contribution in [0.15, 0.2) is 0 Å². The minimum Gasteiger partial charge on any atom is -0.467 e. The van der Waals surface area contributed by atoms with Crippen molar-refractivity contribution in [1.29, 1.82) is 0 Å². The molecule has 6 heteroatoms. The van der Waals surface area contributed by atoms with E-state index in [0.29, 0.717) is 6.54 Å². The lowest BCUT2D eigenvalue weighted by Gasteiger charge is -2.34. The van der Waals surface area contributed by atoms with E-state index in [9.17, 15) is 14.7 Å². The molecule has 1 heterocycles. The summed E-state index contributed by atoms with van der Waals surface area (Å²) in [5.41, 5.74) is 3.71. The van der Waals surface area contributed by atoms with E-state index in [-0.39, 0.29) is 18.4 Å². The second kappa shape index (κ2) is 5.46. The number of nitrogens with zero attached hydrogens (tertiary/aromatic N) is 1. The molecule has 17 heavy (non-hydrogen) atoms. The number of primary amides is 1. The fraction of sp³-hybridized carbons (Fsp3) is 0.818. The van der Waals surface area contributed by atoms with Crippen LogP contribution in [0.3, 0.4) is 0 Å². The number of aliphatic hydroxyl groups is 1. The highest BCUT2D eigenvalue weighted by molar-refractivity contribution is 5.79. The molecule has 2 unspecified atom stereocenters. The summed E-state index contributed by atoms with van der Waals surface area (Å²) in [7, 11) is 1.24. The average molecular weight is 244 g/mol. The fourth-order valence-electron chi connectivity index (χ4n) is 2.15. The number of hydrogen-bond acceptors (Lipinski definition) is 5. The molecule has 1 rings (SSSR count). The summed E-state index contributed by atoms with van der Waals surface area (Å²) < 4.78 is 4.52. The Kier molecular flexibility index (Phi) is 4.47. The van der Waals surface area contributed by atoms with Crippen LogP contribution in [0.4, 0.5) is 0 Å². The molecule has 0 aromatic carbocycles. The van der Waals surface area contributed by atoms with Gasteiger partial charge in [0.25, 0.3) is 0 Å². The molecule has 0 radical (unpaired) electrons. The Bertz CT molecular complexity index is 304. The molecule has 1 aliphatic heterocycles. The minimum atomic E-state index is -1.55. The summed E-state index contributed by atoms with van der Waals surface area (Å²) in [4.78, 5) is 24.3. The van der Waals surface area contributed by atoms with Crippen LogP contribution in [0.5, 0.6) is 0 Å². The van der Waals surface area contributed by atoms with Crippen LogP contribution < -0.4 is 5.73 Å². The smallest absolute Gasteiger partial charge is 0.338 e. The maximum atomic E-state index is 11.3. The summed E-state index contributed by atoms with van der Waals surface area (Å²) in [6.45, 7) is 2.80. The van der Waals surface area contributed by atoms with E-state index in [1.54, 1.807) is 0 Å². The molecule has 0 aromatic rings. The van der Waals surface area contributed by atoms with Crippen LogP contribution in [-0.4, -0.2) is 54.2 Å². The number of amides is 1. The predicted molar refractivity (Wildman–Crippen MR) is 61.0 cm³/mol. The topological polar surface area (TPSA) is 92.9 Å². The molecule has 0 aliphatic carbocycles. The van der Waals surface area contributed by atoms with E-state index in [4.69, 9.17) is 5.73 Å². The molecule has 3 N–H and O–H groups in total. The predicted octanol–water partition coefficient (Wildman–Crippen LogP) is -0.892. The van der Waals surface area contributed by atoms with E-state index in [0.717, 1.165) is 19.4 Å². The molecular weight excluding hydrogens is 224 g/mol. The van der Waals surface area contributed by atoms with Crippen molar-refractivity contribution >= 4 is 11.9 Å². The normalized spacial score (nSPS) is 25.0. The molecule has 98 valence electrons. The lowest BCUT2D eigenvalue weighted by atomic mass is 9.96. The minimum absolute atomic E-state index is 0.156. The second-order valence-corrected chi connectivity index (χ2v) is 4.74. The fourth-order valence-corrected chi connectivity index (χ4v) is 2.15. The first-order valence-electron chi connectivity index (χ1n) is 5.69. The first kappa shape index (κ1) is 13.9. The SMILES string of the molecule is COC(=O)C(C)(O)CN1CCCC(C(N)=O)C1. The first-order chi connectivity index (χ1) is 7.86. The number of rotatable bonds is 4. The maximum absolute atomic E-state index is 11.3. The third-order valence-electron chi connectivity index (χ3n) is 3.06. The van der Waals surface area contributed by atoms with E-state index < -0.39 is 11.6 Å². The summed E-state index contributed by atoms with van der Waals surface area (Å²) in [6.07, 6.45) is 1.61. The van der Waals surface area contributed by atoms with Gasteiger partial charge in [-0.25, -0.2) is 4.79 Å². The van der Waals surface area contributed by atoms with Gasteiger partial charge in [0.1, 0.15) is 0 Å². The average Bonchev–Trinajstić information content (AvgIpc) is 2.27. The zero-order chi connectivity index (χ0) is 13.1. The number of β-amino-alcohol motifs (C(OH)–C–C–N with tert-alkyl or cyclic N) is 1. The molecule has 6 nitrogen and oxygen atoms in total. The zero-order valence-corrected chi connectivity index (χ0v) is 10.3. The van der Waals surface area contributed by atoms with Gasteiger partial charge >= 0.3 is 5.97 Å². The van der Waals surface area contributed by atoms with Crippen LogP contribution in [-0.2, 0) is 14.3 Å². The van der Waals surface area contributed by atoms with Crippen LogP contribution in [0.25, 0.3) is 0 Å². The van der Waals surface area contributed by atoms with Gasteiger partial charge in [0.05, 0.1) is 13.0 Å². The molecule has 0 aromatic heterocycles. The second-order valence-electron chi connectivity index (χ2n) is 4.74. The number of likely N-dealkylation sites (tertiary alicyclic amines) is 1. The summed E-state index contributed by atoms with van der Waals surface area (Å²) in [5, 5.41) is 9.93. The van der Waals surface area contributed by atoms with Crippen LogP contribution in [0, 0.1) is 5.92 Å². The van der Waals surface area contributed by atoms with Gasteiger partial charge in [-0.15, -0.1) is 0 Å². The first-order valence-corrected chi connectivity index (χ1v) is 5.69. The van der Waals surface area contributed by atoms with Crippen molar-refractivity contribution in [2.45, 2.75) is 25.4 Å². The molecule has 0 saturated carbocycles. The van der Waals surface area contributed by atoms with Gasteiger partial charge in [-0.2, -0.15) is 0 Å². The highest BCUT2D eigenvalue weighted by Gasteiger charge is 2.35. The Labute approximate surface area is 101 Å². The van der Waals surface area contributed by atoms with Crippen molar-refractivity contribution in [2.24, 2.45) is 11.7 Å². The molecule has 0 spiro atoms. The van der Waals surface area contributed by atoms with E-state index in [1.807, 2.05) is 4.90 Å². The van der Waals surface area contributed by atoms with Crippen LogP contribution >= 0.6 is 0 Å². The number of methoxy groups -OCH3 is 1. The molecule has 1 amide bonds. The van der Waals surface area contributed by atoms with Crippen molar-refractivity contribution < 1.29 is 19.4 Å². The number of carbonyl (C=O) groups is 2. The Morgan fingerprint density at radius 3 is 2.76 bits per heavy atom.